The molecule has 3 rings (SSSR count). The number of rotatable bonds is 5. The Labute approximate surface area is 143 Å². The fourth-order valence-corrected chi connectivity index (χ4v) is 3.77. The fourth-order valence-electron chi connectivity index (χ4n) is 3.77. The Kier molecular flexibility index (Phi) is 5.19. The van der Waals surface area contributed by atoms with Gasteiger partial charge < -0.3 is 15.5 Å². The molecule has 1 saturated carbocycles. The first-order chi connectivity index (χ1) is 11.5. The number of para-hydroxylation sites is 1. The molecule has 3 N–H and O–H groups in total. The van der Waals surface area contributed by atoms with Gasteiger partial charge in [0.15, 0.2) is 6.54 Å². The number of benzene rings is 1. The minimum absolute atomic E-state index is 0.0158. The van der Waals surface area contributed by atoms with Crippen molar-refractivity contribution in [2.45, 2.75) is 39.2 Å². The molecule has 5 nitrogen and oxygen atoms in total. The van der Waals surface area contributed by atoms with Crippen LogP contribution in [0, 0.1) is 11.8 Å². The molecule has 1 heterocycles. The molecule has 0 spiro atoms. The highest BCUT2D eigenvalue weighted by atomic mass is 16.2. The average molecular weight is 330 g/mol. The standard InChI is InChI=1S/C19H27N3O2/c1-13-9-14(2)11-22(10-13)12-18(23)21-17-6-4-3-5-16(17)19(24)20-15-7-8-15/h3-6,13-15H,7-12H2,1-2H3,(H,20,24)(H,21,23)/p+1/t13-,14+. The molecule has 1 unspecified atom stereocenters. The van der Waals surface area contributed by atoms with Crippen LogP contribution in [0.1, 0.15) is 43.5 Å². The number of quaternary nitrogens is 1. The van der Waals surface area contributed by atoms with Gasteiger partial charge in [-0.25, -0.2) is 0 Å². The number of nitrogens with one attached hydrogen (secondary N) is 3. The highest BCUT2D eigenvalue weighted by Crippen LogP contribution is 2.21. The third kappa shape index (κ3) is 4.57. The van der Waals surface area contributed by atoms with Crippen LogP contribution in [-0.2, 0) is 4.79 Å². The summed E-state index contributed by atoms with van der Waals surface area (Å²) < 4.78 is 0. The predicted octanol–water partition coefficient (Wildman–Crippen LogP) is 1.08. The van der Waals surface area contributed by atoms with Crippen LogP contribution >= 0.6 is 0 Å². The molecule has 130 valence electrons. The molecular formula is C19H28N3O2+. The molecule has 3 atom stereocenters. The number of hydrogen-bond donors (Lipinski definition) is 3. The van der Waals surface area contributed by atoms with Gasteiger partial charge in [0.25, 0.3) is 11.8 Å². The molecule has 1 aromatic rings. The first-order valence-electron chi connectivity index (χ1n) is 9.04. The topological polar surface area (TPSA) is 62.6 Å². The summed E-state index contributed by atoms with van der Waals surface area (Å²) >= 11 is 0. The molecule has 0 radical (unpaired) electrons. The van der Waals surface area contributed by atoms with E-state index in [2.05, 4.69) is 24.5 Å². The smallest absolute Gasteiger partial charge is 0.279 e. The average Bonchev–Trinajstić information content (AvgIpc) is 3.30. The van der Waals surface area contributed by atoms with Crippen molar-refractivity contribution in [3.05, 3.63) is 29.8 Å². The molecule has 1 aliphatic carbocycles. The number of carbonyl (C=O) groups excluding carboxylic acids is 2. The Morgan fingerprint density at radius 3 is 2.46 bits per heavy atom. The Morgan fingerprint density at radius 2 is 1.79 bits per heavy atom. The molecular weight excluding hydrogens is 302 g/mol. The zero-order valence-electron chi connectivity index (χ0n) is 14.6. The molecule has 1 aromatic carbocycles. The van der Waals surface area contributed by atoms with Gasteiger partial charge in [-0.05, 0) is 31.4 Å². The lowest BCUT2D eigenvalue weighted by Gasteiger charge is -2.31. The van der Waals surface area contributed by atoms with Gasteiger partial charge in [0, 0.05) is 17.9 Å². The first kappa shape index (κ1) is 17.0. The lowest BCUT2D eigenvalue weighted by molar-refractivity contribution is -0.904. The summed E-state index contributed by atoms with van der Waals surface area (Å²) in [7, 11) is 0. The second-order valence-corrected chi connectivity index (χ2v) is 7.62. The summed E-state index contributed by atoms with van der Waals surface area (Å²) in [6.45, 7) is 7.06. The summed E-state index contributed by atoms with van der Waals surface area (Å²) in [6, 6.07) is 7.56. The van der Waals surface area contributed by atoms with Gasteiger partial charge in [0.05, 0.1) is 24.3 Å². The van der Waals surface area contributed by atoms with Crippen LogP contribution in [0.15, 0.2) is 24.3 Å². The number of amides is 2. The highest BCUT2D eigenvalue weighted by Gasteiger charge is 2.28. The minimum atomic E-state index is -0.0963. The van der Waals surface area contributed by atoms with Crippen molar-refractivity contribution < 1.29 is 14.5 Å². The molecule has 5 heteroatoms. The van der Waals surface area contributed by atoms with Crippen molar-refractivity contribution in [1.82, 2.24) is 5.32 Å². The van der Waals surface area contributed by atoms with Gasteiger partial charge in [-0.2, -0.15) is 0 Å². The molecule has 1 aliphatic heterocycles. The Morgan fingerprint density at radius 1 is 1.12 bits per heavy atom. The van der Waals surface area contributed by atoms with Crippen LogP contribution in [0.4, 0.5) is 5.69 Å². The van der Waals surface area contributed by atoms with E-state index in [1.807, 2.05) is 12.1 Å². The number of piperidine rings is 1. The second kappa shape index (κ2) is 7.34. The van der Waals surface area contributed by atoms with Gasteiger partial charge in [-0.3, -0.25) is 9.59 Å². The summed E-state index contributed by atoms with van der Waals surface area (Å²) in [5.41, 5.74) is 1.16. The molecule has 0 aromatic heterocycles. The van der Waals surface area contributed by atoms with E-state index in [9.17, 15) is 9.59 Å². The third-order valence-electron chi connectivity index (χ3n) is 4.85. The van der Waals surface area contributed by atoms with Crippen molar-refractivity contribution in [1.29, 1.82) is 0 Å². The van der Waals surface area contributed by atoms with Crippen LogP contribution in [0.3, 0.4) is 0 Å². The first-order valence-corrected chi connectivity index (χ1v) is 9.04. The maximum atomic E-state index is 12.4. The van der Waals surface area contributed by atoms with Crippen molar-refractivity contribution in [2.75, 3.05) is 25.0 Å². The van der Waals surface area contributed by atoms with Crippen molar-refractivity contribution in [2.24, 2.45) is 11.8 Å². The van der Waals surface area contributed by atoms with Gasteiger partial charge in [0.2, 0.25) is 0 Å². The molecule has 0 bridgehead atoms. The van der Waals surface area contributed by atoms with Gasteiger partial charge in [-0.1, -0.05) is 26.0 Å². The molecule has 2 fully saturated rings. The SMILES string of the molecule is C[C@@H]1C[C@H](C)C[NH+](CC(=O)Nc2ccccc2C(=O)NC2CC2)C1. The van der Waals surface area contributed by atoms with Crippen LogP contribution in [0.25, 0.3) is 0 Å². The van der Waals surface area contributed by atoms with E-state index >= 15 is 0 Å². The van der Waals surface area contributed by atoms with E-state index in [1.165, 1.54) is 11.3 Å². The molecule has 1 saturated heterocycles. The summed E-state index contributed by atoms with van der Waals surface area (Å²) in [5.74, 6) is 1.21. The van der Waals surface area contributed by atoms with Gasteiger partial charge in [-0.15, -0.1) is 0 Å². The number of carbonyl (C=O) groups is 2. The summed E-state index contributed by atoms with van der Waals surface area (Å²) in [4.78, 5) is 26.1. The third-order valence-corrected chi connectivity index (χ3v) is 4.85. The summed E-state index contributed by atoms with van der Waals surface area (Å²) in [6.07, 6.45) is 3.35. The van der Waals surface area contributed by atoms with Crippen LogP contribution in [-0.4, -0.2) is 37.5 Å². The number of hydrogen-bond acceptors (Lipinski definition) is 2. The van der Waals surface area contributed by atoms with E-state index in [0.717, 1.165) is 25.9 Å². The van der Waals surface area contributed by atoms with E-state index in [-0.39, 0.29) is 11.8 Å². The Balaban J connectivity index is 1.60. The van der Waals surface area contributed by atoms with E-state index in [0.29, 0.717) is 35.7 Å². The zero-order chi connectivity index (χ0) is 17.1. The maximum absolute atomic E-state index is 12.4. The van der Waals surface area contributed by atoms with Crippen molar-refractivity contribution in [3.63, 3.8) is 0 Å². The van der Waals surface area contributed by atoms with E-state index in [1.54, 1.807) is 12.1 Å². The molecule has 2 amide bonds. The molecule has 2 aliphatic rings. The minimum Gasteiger partial charge on any atom is -0.349 e. The monoisotopic (exact) mass is 330 g/mol. The second-order valence-electron chi connectivity index (χ2n) is 7.62. The summed E-state index contributed by atoms with van der Waals surface area (Å²) in [5, 5.41) is 5.92. The maximum Gasteiger partial charge on any atom is 0.279 e. The van der Waals surface area contributed by atoms with Crippen molar-refractivity contribution >= 4 is 17.5 Å². The Bertz CT molecular complexity index is 602. The lowest BCUT2D eigenvalue weighted by Crippen LogP contribution is -3.15. The van der Waals surface area contributed by atoms with Gasteiger partial charge in [0.1, 0.15) is 0 Å². The predicted molar refractivity (Wildman–Crippen MR) is 94.1 cm³/mol. The number of likely N-dealkylation sites (tertiary alicyclic amines) is 1. The fraction of sp³-hybridized carbons (Fsp3) is 0.579. The number of anilines is 1. The van der Waals surface area contributed by atoms with Crippen LogP contribution < -0.4 is 15.5 Å². The molecule has 24 heavy (non-hydrogen) atoms. The van der Waals surface area contributed by atoms with Crippen LogP contribution in [0.2, 0.25) is 0 Å². The quantitative estimate of drug-likeness (QED) is 0.756. The highest BCUT2D eigenvalue weighted by molar-refractivity contribution is 6.04. The lowest BCUT2D eigenvalue weighted by atomic mass is 9.92. The van der Waals surface area contributed by atoms with Crippen LogP contribution in [0.5, 0.6) is 0 Å². The normalized spacial score (nSPS) is 26.7. The van der Waals surface area contributed by atoms with E-state index in [4.69, 9.17) is 0 Å². The Hall–Kier alpha value is -1.88. The van der Waals surface area contributed by atoms with E-state index < -0.39 is 0 Å². The van der Waals surface area contributed by atoms with Crippen molar-refractivity contribution in [3.8, 4) is 0 Å². The zero-order valence-corrected chi connectivity index (χ0v) is 14.6. The largest absolute Gasteiger partial charge is 0.349 e. The van der Waals surface area contributed by atoms with Gasteiger partial charge >= 0.3 is 0 Å².